The minimum absolute atomic E-state index is 0.257. The molecule has 0 aliphatic carbocycles. The lowest BCUT2D eigenvalue weighted by Gasteiger charge is -2.27. The summed E-state index contributed by atoms with van der Waals surface area (Å²) in [6.45, 7) is 4.23. The van der Waals surface area contributed by atoms with E-state index in [0.717, 1.165) is 10.6 Å². The van der Waals surface area contributed by atoms with Crippen LogP contribution in [0.15, 0.2) is 53.0 Å². The number of urea groups is 1. The lowest BCUT2D eigenvalue weighted by molar-refractivity contribution is -0.113. The number of rotatable bonds is 5. The molecule has 1 aromatic heterocycles. The highest BCUT2D eigenvalue weighted by Gasteiger charge is 2.31. The molecule has 0 saturated heterocycles. The molecule has 0 unspecified atom stereocenters. The molecule has 3 amide bonds. The second-order valence-electron chi connectivity index (χ2n) is 5.50. The van der Waals surface area contributed by atoms with Gasteiger partial charge in [-0.05, 0) is 49.6 Å². The maximum absolute atomic E-state index is 12.8. The number of amides is 3. The SMILES string of the molecule is CCOc1ccc(NC(=O)C2=C(C)NC(=O)N[C@H]2c2cccs2)cc1. The molecule has 1 aliphatic rings. The first-order chi connectivity index (χ1) is 12.1. The third-order valence-electron chi connectivity index (χ3n) is 3.76. The highest BCUT2D eigenvalue weighted by atomic mass is 32.1. The lowest BCUT2D eigenvalue weighted by atomic mass is 10.0. The van der Waals surface area contributed by atoms with Gasteiger partial charge in [-0.2, -0.15) is 0 Å². The molecule has 1 atom stereocenters. The molecule has 1 aliphatic heterocycles. The maximum atomic E-state index is 12.8. The molecule has 25 heavy (non-hydrogen) atoms. The Morgan fingerprint density at radius 1 is 1.28 bits per heavy atom. The summed E-state index contributed by atoms with van der Waals surface area (Å²) >= 11 is 1.50. The molecule has 3 rings (SSSR count). The largest absolute Gasteiger partial charge is 0.494 e. The fourth-order valence-corrected chi connectivity index (χ4v) is 3.45. The van der Waals surface area contributed by atoms with E-state index in [-0.39, 0.29) is 11.9 Å². The Kier molecular flexibility index (Phi) is 5.04. The normalized spacial score (nSPS) is 16.9. The van der Waals surface area contributed by atoms with Crippen LogP contribution >= 0.6 is 11.3 Å². The highest BCUT2D eigenvalue weighted by molar-refractivity contribution is 7.10. The highest BCUT2D eigenvalue weighted by Crippen LogP contribution is 2.30. The van der Waals surface area contributed by atoms with Crippen molar-refractivity contribution in [2.45, 2.75) is 19.9 Å². The van der Waals surface area contributed by atoms with Crippen molar-refractivity contribution >= 4 is 29.0 Å². The van der Waals surface area contributed by atoms with Crippen LogP contribution < -0.4 is 20.7 Å². The van der Waals surface area contributed by atoms with Crippen LogP contribution in [0.3, 0.4) is 0 Å². The Labute approximate surface area is 149 Å². The van der Waals surface area contributed by atoms with Gasteiger partial charge in [0.2, 0.25) is 0 Å². The molecule has 0 saturated carbocycles. The van der Waals surface area contributed by atoms with Gasteiger partial charge in [0, 0.05) is 16.3 Å². The number of hydrogen-bond acceptors (Lipinski definition) is 4. The van der Waals surface area contributed by atoms with E-state index in [1.54, 1.807) is 31.2 Å². The van der Waals surface area contributed by atoms with Gasteiger partial charge in [-0.15, -0.1) is 11.3 Å². The van der Waals surface area contributed by atoms with E-state index in [1.807, 2.05) is 24.4 Å². The lowest BCUT2D eigenvalue weighted by Crippen LogP contribution is -2.45. The summed E-state index contributed by atoms with van der Waals surface area (Å²) in [5.74, 6) is 0.492. The maximum Gasteiger partial charge on any atom is 0.319 e. The summed E-state index contributed by atoms with van der Waals surface area (Å²) in [7, 11) is 0. The van der Waals surface area contributed by atoms with Gasteiger partial charge in [0.05, 0.1) is 18.2 Å². The zero-order valence-electron chi connectivity index (χ0n) is 14.0. The summed E-state index contributed by atoms with van der Waals surface area (Å²) in [4.78, 5) is 25.5. The minimum atomic E-state index is -0.462. The van der Waals surface area contributed by atoms with E-state index in [0.29, 0.717) is 23.6 Å². The van der Waals surface area contributed by atoms with E-state index >= 15 is 0 Å². The molecule has 6 nitrogen and oxygen atoms in total. The van der Waals surface area contributed by atoms with Gasteiger partial charge >= 0.3 is 6.03 Å². The van der Waals surface area contributed by atoms with Crippen LogP contribution in [0.25, 0.3) is 0 Å². The van der Waals surface area contributed by atoms with Crippen molar-refractivity contribution in [2.75, 3.05) is 11.9 Å². The van der Waals surface area contributed by atoms with Crippen molar-refractivity contribution in [3.8, 4) is 5.75 Å². The second kappa shape index (κ2) is 7.40. The molecule has 7 heteroatoms. The first-order valence-electron chi connectivity index (χ1n) is 7.94. The molecule has 2 heterocycles. The molecule has 130 valence electrons. The Morgan fingerprint density at radius 2 is 2.04 bits per heavy atom. The molecule has 1 aromatic carbocycles. The van der Waals surface area contributed by atoms with Crippen LogP contribution in [-0.2, 0) is 4.79 Å². The number of carbonyl (C=O) groups excluding carboxylic acids is 2. The van der Waals surface area contributed by atoms with Crippen LogP contribution in [0.1, 0.15) is 24.8 Å². The molecule has 0 radical (unpaired) electrons. The minimum Gasteiger partial charge on any atom is -0.494 e. The third-order valence-corrected chi connectivity index (χ3v) is 4.70. The smallest absolute Gasteiger partial charge is 0.319 e. The molecular weight excluding hydrogens is 338 g/mol. The summed E-state index contributed by atoms with van der Waals surface area (Å²) < 4.78 is 5.40. The molecule has 2 aromatic rings. The van der Waals surface area contributed by atoms with E-state index in [2.05, 4.69) is 16.0 Å². The van der Waals surface area contributed by atoms with Crippen LogP contribution in [0.4, 0.5) is 10.5 Å². The average molecular weight is 357 g/mol. The molecule has 0 fully saturated rings. The second-order valence-corrected chi connectivity index (χ2v) is 6.48. The van der Waals surface area contributed by atoms with Crippen molar-refractivity contribution in [1.82, 2.24) is 10.6 Å². The van der Waals surface area contributed by atoms with E-state index < -0.39 is 6.04 Å². The summed E-state index contributed by atoms with van der Waals surface area (Å²) in [5.41, 5.74) is 1.71. The zero-order valence-corrected chi connectivity index (χ0v) is 14.8. The van der Waals surface area contributed by atoms with Crippen molar-refractivity contribution in [3.05, 3.63) is 57.9 Å². The van der Waals surface area contributed by atoms with Gasteiger partial charge in [-0.25, -0.2) is 4.79 Å². The van der Waals surface area contributed by atoms with E-state index in [9.17, 15) is 9.59 Å². The van der Waals surface area contributed by atoms with Gasteiger partial charge in [-0.3, -0.25) is 4.79 Å². The van der Waals surface area contributed by atoms with Crippen molar-refractivity contribution in [3.63, 3.8) is 0 Å². The Balaban J connectivity index is 1.83. The predicted molar refractivity (Wildman–Crippen MR) is 97.7 cm³/mol. The van der Waals surface area contributed by atoms with Gasteiger partial charge in [0.15, 0.2) is 0 Å². The van der Waals surface area contributed by atoms with Gasteiger partial charge in [-0.1, -0.05) is 6.07 Å². The van der Waals surface area contributed by atoms with Crippen LogP contribution in [0.2, 0.25) is 0 Å². The molecule has 0 spiro atoms. The average Bonchev–Trinajstić information content (AvgIpc) is 3.10. The number of benzene rings is 1. The Morgan fingerprint density at radius 3 is 2.68 bits per heavy atom. The van der Waals surface area contributed by atoms with Crippen LogP contribution in [0, 0.1) is 0 Å². The molecule has 3 N–H and O–H groups in total. The summed E-state index contributed by atoms with van der Waals surface area (Å²) in [6, 6.07) is 10.2. The first kappa shape index (κ1) is 17.0. The first-order valence-corrected chi connectivity index (χ1v) is 8.82. The zero-order chi connectivity index (χ0) is 17.8. The number of anilines is 1. The van der Waals surface area contributed by atoms with Crippen molar-refractivity contribution in [2.24, 2.45) is 0 Å². The standard InChI is InChI=1S/C18H19N3O3S/c1-3-24-13-8-6-12(7-9-13)20-17(22)15-11(2)19-18(23)21-16(15)14-5-4-10-25-14/h4-10,16H,3H2,1-2H3,(H,20,22)(H2,19,21,23)/t16-/m0/s1. The topological polar surface area (TPSA) is 79.5 Å². The van der Waals surface area contributed by atoms with Gasteiger partial charge < -0.3 is 20.7 Å². The van der Waals surface area contributed by atoms with E-state index in [1.165, 1.54) is 11.3 Å². The molecular formula is C18H19N3O3S. The van der Waals surface area contributed by atoms with E-state index in [4.69, 9.17) is 4.74 Å². The third kappa shape index (κ3) is 3.83. The van der Waals surface area contributed by atoms with Crippen LogP contribution in [0.5, 0.6) is 5.75 Å². The van der Waals surface area contributed by atoms with Crippen molar-refractivity contribution < 1.29 is 14.3 Å². The quantitative estimate of drug-likeness (QED) is 0.767. The number of nitrogens with one attached hydrogen (secondary N) is 3. The fourth-order valence-electron chi connectivity index (χ4n) is 2.66. The van der Waals surface area contributed by atoms with Crippen LogP contribution in [-0.4, -0.2) is 18.5 Å². The Hall–Kier alpha value is -2.80. The number of hydrogen-bond donors (Lipinski definition) is 3. The number of ether oxygens (including phenoxy) is 1. The molecule has 0 bridgehead atoms. The fraction of sp³-hybridized carbons (Fsp3) is 0.222. The number of thiophene rings is 1. The van der Waals surface area contributed by atoms with Crippen molar-refractivity contribution in [1.29, 1.82) is 0 Å². The Bertz CT molecular complexity index is 797. The summed E-state index contributed by atoms with van der Waals surface area (Å²) in [5, 5.41) is 10.3. The number of carbonyl (C=O) groups is 2. The van der Waals surface area contributed by atoms with Gasteiger partial charge in [0.25, 0.3) is 5.91 Å². The summed E-state index contributed by atoms with van der Waals surface area (Å²) in [6.07, 6.45) is 0. The number of allylic oxidation sites excluding steroid dienone is 1. The van der Waals surface area contributed by atoms with Gasteiger partial charge in [0.1, 0.15) is 5.75 Å². The monoisotopic (exact) mass is 357 g/mol. The predicted octanol–water partition coefficient (Wildman–Crippen LogP) is 3.41.